The highest BCUT2D eigenvalue weighted by Gasteiger charge is 2.35. The fourth-order valence-electron chi connectivity index (χ4n) is 5.21. The number of nitrogens with zero attached hydrogens (tertiary/aromatic N) is 4. The van der Waals surface area contributed by atoms with Crippen LogP contribution in [0.1, 0.15) is 23.9 Å². The lowest BCUT2D eigenvalue weighted by molar-refractivity contribution is 0.0427. The van der Waals surface area contributed by atoms with Crippen molar-refractivity contribution in [2.45, 2.75) is 32.5 Å². The zero-order chi connectivity index (χ0) is 24.1. The summed E-state index contributed by atoms with van der Waals surface area (Å²) in [7, 11) is 2.17. The molecule has 9 heteroatoms. The molecule has 7 nitrogen and oxygen atoms in total. The Morgan fingerprint density at radius 1 is 1.11 bits per heavy atom. The summed E-state index contributed by atoms with van der Waals surface area (Å²) in [6.07, 6.45) is 0.405. The molecule has 1 fully saturated rings. The molecule has 1 unspecified atom stereocenters. The number of fused-ring (bicyclic) bond motifs is 2. The number of aromatic nitrogens is 4. The number of benzene rings is 2. The molecule has 182 valence electrons. The van der Waals surface area contributed by atoms with Crippen LogP contribution >= 0.6 is 0 Å². The minimum Gasteiger partial charge on any atom is -0.493 e. The average molecular weight is 479 g/mol. The molecule has 0 bridgehead atoms. The van der Waals surface area contributed by atoms with Gasteiger partial charge >= 0.3 is 0 Å². The molecule has 0 saturated carbocycles. The summed E-state index contributed by atoms with van der Waals surface area (Å²) in [5, 5.41) is 8.48. The second kappa shape index (κ2) is 8.73. The summed E-state index contributed by atoms with van der Waals surface area (Å²) >= 11 is 0. The largest absolute Gasteiger partial charge is 0.493 e. The summed E-state index contributed by atoms with van der Waals surface area (Å²) < 4.78 is 32.7. The average Bonchev–Trinajstić information content (AvgIpc) is 3.48. The fraction of sp³-hybridized carbons (Fsp3) is 0.385. The highest BCUT2D eigenvalue weighted by Crippen LogP contribution is 2.33. The van der Waals surface area contributed by atoms with E-state index in [0.717, 1.165) is 72.0 Å². The molecule has 35 heavy (non-hydrogen) atoms. The molecule has 0 radical (unpaired) electrons. The lowest BCUT2D eigenvalue weighted by Gasteiger charge is -2.43. The Balaban J connectivity index is 1.15. The lowest BCUT2D eigenvalue weighted by atomic mass is 9.92. The predicted molar refractivity (Wildman–Crippen MR) is 129 cm³/mol. The van der Waals surface area contributed by atoms with Gasteiger partial charge in [0.2, 0.25) is 0 Å². The van der Waals surface area contributed by atoms with Gasteiger partial charge < -0.3 is 14.6 Å². The number of halogens is 2. The minimum absolute atomic E-state index is 0.307. The molecule has 0 spiro atoms. The van der Waals surface area contributed by atoms with Crippen LogP contribution in [0.4, 0.5) is 8.78 Å². The number of nitrogens with one attached hydrogen (secondary N) is 2. The summed E-state index contributed by atoms with van der Waals surface area (Å²) in [5.41, 5.74) is 4.45. The van der Waals surface area contributed by atoms with Crippen molar-refractivity contribution in [1.82, 2.24) is 30.0 Å². The molecule has 4 heterocycles. The number of rotatable bonds is 7. The van der Waals surface area contributed by atoms with Crippen LogP contribution in [0.25, 0.3) is 22.4 Å². The van der Waals surface area contributed by atoms with Gasteiger partial charge in [0, 0.05) is 50.1 Å². The number of hydrogen-bond donors (Lipinski definition) is 2. The van der Waals surface area contributed by atoms with Gasteiger partial charge in [-0.05, 0) is 55.8 Å². The van der Waals surface area contributed by atoms with Gasteiger partial charge in [-0.1, -0.05) is 0 Å². The number of likely N-dealkylation sites (tertiary alicyclic amines) is 1. The second-order valence-corrected chi connectivity index (χ2v) is 9.79. The zero-order valence-electron chi connectivity index (χ0n) is 19.8. The monoisotopic (exact) mass is 478 g/mol. The van der Waals surface area contributed by atoms with Crippen molar-refractivity contribution < 1.29 is 13.5 Å². The number of aromatic amines is 2. The van der Waals surface area contributed by atoms with Crippen molar-refractivity contribution >= 4 is 10.9 Å². The number of hydrogen-bond acceptors (Lipinski definition) is 5. The summed E-state index contributed by atoms with van der Waals surface area (Å²) in [5.74, 6) is 0.981. The van der Waals surface area contributed by atoms with Crippen molar-refractivity contribution in [1.29, 1.82) is 0 Å². The smallest absolute Gasteiger partial charge is 0.159 e. The molecular weight excluding hydrogens is 450 g/mol. The standard InChI is InChI=1S/C26H28F2N6O/c1-15(17-11-33(2)12-17)34-13-23-24(14-34)30-26(29-23)25-21-10-20(3-4-22(21)31-32-25)35-6-5-16-7-18(27)9-19(28)8-16/h3-4,7-10,15,17H,5-6,11-14H2,1-2H3,(H,29,30)(H,31,32). The van der Waals surface area contributed by atoms with Crippen molar-refractivity contribution in [2.24, 2.45) is 5.92 Å². The van der Waals surface area contributed by atoms with E-state index in [-0.39, 0.29) is 0 Å². The maximum absolute atomic E-state index is 13.4. The molecule has 1 atom stereocenters. The fourth-order valence-corrected chi connectivity index (χ4v) is 5.21. The van der Waals surface area contributed by atoms with E-state index in [4.69, 9.17) is 9.72 Å². The van der Waals surface area contributed by atoms with Crippen LogP contribution in [-0.2, 0) is 19.5 Å². The molecule has 2 N–H and O–H groups in total. The first-order valence-electron chi connectivity index (χ1n) is 12.0. The van der Waals surface area contributed by atoms with Gasteiger partial charge in [0.15, 0.2) is 5.82 Å². The molecule has 4 aromatic rings. The number of imidazole rings is 1. The van der Waals surface area contributed by atoms with E-state index in [1.165, 1.54) is 12.1 Å². The van der Waals surface area contributed by atoms with E-state index in [0.29, 0.717) is 30.4 Å². The summed E-state index contributed by atoms with van der Waals surface area (Å²) in [6, 6.07) is 9.75. The Morgan fingerprint density at radius 3 is 2.66 bits per heavy atom. The van der Waals surface area contributed by atoms with Crippen LogP contribution in [0.15, 0.2) is 36.4 Å². The van der Waals surface area contributed by atoms with Gasteiger partial charge in [-0.2, -0.15) is 5.10 Å². The van der Waals surface area contributed by atoms with Crippen LogP contribution in [-0.4, -0.2) is 62.8 Å². The van der Waals surface area contributed by atoms with E-state index >= 15 is 0 Å². The van der Waals surface area contributed by atoms with Gasteiger partial charge in [0.05, 0.1) is 23.5 Å². The van der Waals surface area contributed by atoms with Gasteiger partial charge in [0.25, 0.3) is 0 Å². The van der Waals surface area contributed by atoms with Crippen LogP contribution < -0.4 is 4.74 Å². The molecule has 2 aliphatic heterocycles. The Kier molecular flexibility index (Phi) is 5.53. The van der Waals surface area contributed by atoms with Crippen molar-refractivity contribution in [3.05, 3.63) is 65.0 Å². The van der Waals surface area contributed by atoms with Crippen molar-refractivity contribution in [3.8, 4) is 17.3 Å². The van der Waals surface area contributed by atoms with Crippen molar-refractivity contribution in [2.75, 3.05) is 26.7 Å². The molecule has 6 rings (SSSR count). The topological polar surface area (TPSA) is 73.1 Å². The SMILES string of the molecule is CC(C1CN(C)C1)N1Cc2nc(-c3n[nH]c4ccc(OCCc5cc(F)cc(F)c5)cc34)[nH]c2C1. The molecule has 0 amide bonds. The van der Waals surface area contributed by atoms with E-state index in [9.17, 15) is 8.78 Å². The van der Waals surface area contributed by atoms with Crippen LogP contribution in [0.5, 0.6) is 5.75 Å². The lowest BCUT2D eigenvalue weighted by Crippen LogP contribution is -2.53. The Hall–Kier alpha value is -3.30. The Bertz CT molecular complexity index is 1330. The van der Waals surface area contributed by atoms with E-state index in [1.807, 2.05) is 18.2 Å². The van der Waals surface area contributed by atoms with E-state index < -0.39 is 11.6 Å². The first-order valence-corrected chi connectivity index (χ1v) is 12.0. The van der Waals surface area contributed by atoms with Gasteiger partial charge in [-0.15, -0.1) is 0 Å². The zero-order valence-corrected chi connectivity index (χ0v) is 19.8. The third kappa shape index (κ3) is 4.30. The van der Waals surface area contributed by atoms with Crippen LogP contribution in [0, 0.1) is 17.6 Å². The highest BCUT2D eigenvalue weighted by molar-refractivity contribution is 5.92. The normalized spacial score (nSPS) is 17.6. The van der Waals surface area contributed by atoms with Crippen LogP contribution in [0.3, 0.4) is 0 Å². The van der Waals surface area contributed by atoms with Gasteiger partial charge in [0.1, 0.15) is 23.1 Å². The summed E-state index contributed by atoms with van der Waals surface area (Å²) in [6.45, 7) is 6.67. The molecule has 0 aliphatic carbocycles. The molecule has 1 saturated heterocycles. The second-order valence-electron chi connectivity index (χ2n) is 9.79. The first kappa shape index (κ1) is 22.2. The molecule has 2 aliphatic rings. The van der Waals surface area contributed by atoms with E-state index in [1.54, 1.807) is 0 Å². The Labute approximate surface area is 202 Å². The molecular formula is C26H28F2N6O. The van der Waals surface area contributed by atoms with Gasteiger partial charge in [-0.3, -0.25) is 10.00 Å². The quantitative estimate of drug-likeness (QED) is 0.418. The highest BCUT2D eigenvalue weighted by atomic mass is 19.1. The first-order chi connectivity index (χ1) is 16.9. The number of H-pyrrole nitrogens is 2. The third-order valence-corrected chi connectivity index (χ3v) is 7.27. The van der Waals surface area contributed by atoms with E-state index in [2.05, 4.69) is 39.0 Å². The minimum atomic E-state index is -0.581. The molecule has 2 aromatic carbocycles. The summed E-state index contributed by atoms with van der Waals surface area (Å²) in [4.78, 5) is 13.2. The van der Waals surface area contributed by atoms with Crippen molar-refractivity contribution in [3.63, 3.8) is 0 Å². The Morgan fingerprint density at radius 2 is 1.91 bits per heavy atom. The third-order valence-electron chi connectivity index (χ3n) is 7.27. The van der Waals surface area contributed by atoms with Gasteiger partial charge in [-0.25, -0.2) is 13.8 Å². The maximum atomic E-state index is 13.4. The number of ether oxygens (including phenoxy) is 1. The van der Waals surface area contributed by atoms with Crippen LogP contribution in [0.2, 0.25) is 0 Å². The molecule has 2 aromatic heterocycles. The maximum Gasteiger partial charge on any atom is 0.159 e. The predicted octanol–water partition coefficient (Wildman–Crippen LogP) is 4.12.